The monoisotopic (exact) mass is 230 g/mol. The molecule has 1 atom stereocenters. The standard InChI is InChI=1S/C12H26N2O2/c1-10(2)16-9-5-4-8-14-12(15)7-6-11(3)13/h10-11H,4-9,13H2,1-3H3,(H,14,15). The Morgan fingerprint density at radius 1 is 1.31 bits per heavy atom. The van der Waals surface area contributed by atoms with Crippen LogP contribution in [0.4, 0.5) is 0 Å². The van der Waals surface area contributed by atoms with Gasteiger partial charge in [0.2, 0.25) is 5.91 Å². The van der Waals surface area contributed by atoms with Crippen LogP contribution in [0.15, 0.2) is 0 Å². The number of nitrogens with two attached hydrogens (primary N) is 1. The molecule has 0 aliphatic carbocycles. The fraction of sp³-hybridized carbons (Fsp3) is 0.917. The Kier molecular flexibility index (Phi) is 9.24. The maximum atomic E-state index is 11.3. The van der Waals surface area contributed by atoms with Gasteiger partial charge in [0, 0.05) is 25.6 Å². The van der Waals surface area contributed by atoms with Crippen molar-refractivity contribution in [3.8, 4) is 0 Å². The molecule has 0 fully saturated rings. The molecule has 3 N–H and O–H groups in total. The number of hydrogen-bond acceptors (Lipinski definition) is 3. The van der Waals surface area contributed by atoms with Crippen LogP contribution < -0.4 is 11.1 Å². The highest BCUT2D eigenvalue weighted by Crippen LogP contribution is 1.95. The van der Waals surface area contributed by atoms with Gasteiger partial charge in [0.05, 0.1) is 6.10 Å². The number of hydrogen-bond donors (Lipinski definition) is 2. The molecule has 0 saturated heterocycles. The predicted molar refractivity (Wildman–Crippen MR) is 66.2 cm³/mol. The summed E-state index contributed by atoms with van der Waals surface area (Å²) in [4.78, 5) is 11.3. The van der Waals surface area contributed by atoms with E-state index in [1.165, 1.54) is 0 Å². The molecule has 0 bridgehead atoms. The van der Waals surface area contributed by atoms with Gasteiger partial charge in [-0.1, -0.05) is 0 Å². The maximum absolute atomic E-state index is 11.3. The van der Waals surface area contributed by atoms with Crippen LogP contribution in [0.5, 0.6) is 0 Å². The van der Waals surface area contributed by atoms with Crippen LogP contribution in [-0.4, -0.2) is 31.2 Å². The van der Waals surface area contributed by atoms with Gasteiger partial charge in [0.1, 0.15) is 0 Å². The molecule has 0 aromatic heterocycles. The molecule has 0 aliphatic rings. The van der Waals surface area contributed by atoms with Gasteiger partial charge in [-0.05, 0) is 40.0 Å². The van der Waals surface area contributed by atoms with Crippen molar-refractivity contribution in [1.29, 1.82) is 0 Å². The first-order valence-corrected chi connectivity index (χ1v) is 6.16. The third-order valence-electron chi connectivity index (χ3n) is 2.17. The zero-order valence-electron chi connectivity index (χ0n) is 10.8. The van der Waals surface area contributed by atoms with Gasteiger partial charge in [-0.15, -0.1) is 0 Å². The van der Waals surface area contributed by atoms with Gasteiger partial charge in [-0.3, -0.25) is 4.79 Å². The lowest BCUT2D eigenvalue weighted by Crippen LogP contribution is -2.26. The van der Waals surface area contributed by atoms with E-state index in [4.69, 9.17) is 10.5 Å². The molecule has 0 rings (SSSR count). The summed E-state index contributed by atoms with van der Waals surface area (Å²) in [6, 6.07) is 0.102. The van der Waals surface area contributed by atoms with Crippen molar-refractivity contribution < 1.29 is 9.53 Å². The van der Waals surface area contributed by atoms with Crippen molar-refractivity contribution in [2.75, 3.05) is 13.2 Å². The minimum absolute atomic E-state index is 0.0991. The Labute approximate surface area is 98.9 Å². The van der Waals surface area contributed by atoms with Crippen LogP contribution in [0.2, 0.25) is 0 Å². The number of ether oxygens (including phenoxy) is 1. The number of carbonyl (C=O) groups excluding carboxylic acids is 1. The van der Waals surface area contributed by atoms with Crippen molar-refractivity contribution in [1.82, 2.24) is 5.32 Å². The third kappa shape index (κ3) is 11.5. The van der Waals surface area contributed by atoms with Gasteiger partial charge >= 0.3 is 0 Å². The van der Waals surface area contributed by atoms with E-state index >= 15 is 0 Å². The van der Waals surface area contributed by atoms with E-state index in [-0.39, 0.29) is 11.9 Å². The molecule has 0 aromatic rings. The molecule has 1 amide bonds. The van der Waals surface area contributed by atoms with Crippen molar-refractivity contribution >= 4 is 5.91 Å². The highest BCUT2D eigenvalue weighted by molar-refractivity contribution is 5.75. The molecule has 4 nitrogen and oxygen atoms in total. The summed E-state index contributed by atoms with van der Waals surface area (Å²) in [6.45, 7) is 7.47. The van der Waals surface area contributed by atoms with E-state index in [1.54, 1.807) is 0 Å². The second kappa shape index (κ2) is 9.60. The molecule has 0 saturated carbocycles. The van der Waals surface area contributed by atoms with Crippen LogP contribution in [0.3, 0.4) is 0 Å². The lowest BCUT2D eigenvalue weighted by atomic mass is 10.2. The summed E-state index contributed by atoms with van der Waals surface area (Å²) in [5.74, 6) is 0.0991. The number of amides is 1. The van der Waals surface area contributed by atoms with Gasteiger partial charge < -0.3 is 15.8 Å². The Balaban J connectivity index is 3.21. The second-order valence-corrected chi connectivity index (χ2v) is 4.49. The number of unbranched alkanes of at least 4 members (excludes halogenated alkanes) is 1. The molecular formula is C12H26N2O2. The first-order chi connectivity index (χ1) is 7.52. The van der Waals surface area contributed by atoms with Gasteiger partial charge in [-0.25, -0.2) is 0 Å². The van der Waals surface area contributed by atoms with Crippen LogP contribution in [0.25, 0.3) is 0 Å². The lowest BCUT2D eigenvalue weighted by molar-refractivity contribution is -0.121. The largest absolute Gasteiger partial charge is 0.379 e. The fourth-order valence-corrected chi connectivity index (χ4v) is 1.22. The number of carbonyl (C=O) groups is 1. The summed E-state index contributed by atoms with van der Waals surface area (Å²) < 4.78 is 5.40. The van der Waals surface area contributed by atoms with E-state index in [9.17, 15) is 4.79 Å². The van der Waals surface area contributed by atoms with Gasteiger partial charge in [0.15, 0.2) is 0 Å². The molecule has 0 aliphatic heterocycles. The highest BCUT2D eigenvalue weighted by Gasteiger charge is 2.02. The molecular weight excluding hydrogens is 204 g/mol. The predicted octanol–water partition coefficient (Wildman–Crippen LogP) is 1.44. The Hall–Kier alpha value is -0.610. The Morgan fingerprint density at radius 2 is 2.00 bits per heavy atom. The molecule has 96 valence electrons. The Morgan fingerprint density at radius 3 is 2.56 bits per heavy atom. The normalized spacial score (nSPS) is 12.8. The lowest BCUT2D eigenvalue weighted by Gasteiger charge is -2.08. The quantitative estimate of drug-likeness (QED) is 0.589. The van der Waals surface area contributed by atoms with Crippen molar-refractivity contribution in [2.45, 2.75) is 58.6 Å². The molecule has 0 aromatic carbocycles. The van der Waals surface area contributed by atoms with Crippen molar-refractivity contribution in [3.05, 3.63) is 0 Å². The molecule has 1 unspecified atom stereocenters. The highest BCUT2D eigenvalue weighted by atomic mass is 16.5. The first-order valence-electron chi connectivity index (χ1n) is 6.16. The summed E-state index contributed by atoms with van der Waals surface area (Å²) >= 11 is 0. The zero-order chi connectivity index (χ0) is 12.4. The zero-order valence-corrected chi connectivity index (χ0v) is 10.8. The SMILES string of the molecule is CC(N)CCC(=O)NCCCCOC(C)C. The summed E-state index contributed by atoms with van der Waals surface area (Å²) in [7, 11) is 0. The average molecular weight is 230 g/mol. The molecule has 0 radical (unpaired) electrons. The maximum Gasteiger partial charge on any atom is 0.220 e. The average Bonchev–Trinajstić information content (AvgIpc) is 2.19. The van der Waals surface area contributed by atoms with Crippen LogP contribution in [0.1, 0.15) is 46.5 Å². The third-order valence-corrected chi connectivity index (χ3v) is 2.17. The minimum atomic E-state index is 0.0991. The summed E-state index contributed by atoms with van der Waals surface area (Å²) in [5.41, 5.74) is 5.57. The van der Waals surface area contributed by atoms with Crippen molar-refractivity contribution in [3.63, 3.8) is 0 Å². The second-order valence-electron chi connectivity index (χ2n) is 4.49. The molecule has 0 heterocycles. The fourth-order valence-electron chi connectivity index (χ4n) is 1.22. The van der Waals surface area contributed by atoms with E-state index in [0.717, 1.165) is 32.4 Å². The smallest absolute Gasteiger partial charge is 0.220 e. The molecule has 0 spiro atoms. The topological polar surface area (TPSA) is 64.4 Å². The van der Waals surface area contributed by atoms with E-state index < -0.39 is 0 Å². The Bertz CT molecular complexity index is 182. The van der Waals surface area contributed by atoms with Gasteiger partial charge in [0.25, 0.3) is 0 Å². The van der Waals surface area contributed by atoms with Crippen LogP contribution in [0, 0.1) is 0 Å². The van der Waals surface area contributed by atoms with Crippen molar-refractivity contribution in [2.24, 2.45) is 5.73 Å². The first kappa shape index (κ1) is 15.4. The van der Waals surface area contributed by atoms with E-state index in [1.807, 2.05) is 20.8 Å². The van der Waals surface area contributed by atoms with E-state index in [0.29, 0.717) is 12.5 Å². The summed E-state index contributed by atoms with van der Waals surface area (Å²) in [5, 5.41) is 2.88. The number of nitrogens with one attached hydrogen (secondary N) is 1. The van der Waals surface area contributed by atoms with Gasteiger partial charge in [-0.2, -0.15) is 0 Å². The molecule has 4 heteroatoms. The number of rotatable bonds is 9. The van der Waals surface area contributed by atoms with E-state index in [2.05, 4.69) is 5.32 Å². The summed E-state index contributed by atoms with van der Waals surface area (Å²) in [6.07, 6.45) is 3.53. The molecule has 16 heavy (non-hydrogen) atoms. The van der Waals surface area contributed by atoms with Crippen LogP contribution >= 0.6 is 0 Å². The minimum Gasteiger partial charge on any atom is -0.379 e. The van der Waals surface area contributed by atoms with Crippen LogP contribution in [-0.2, 0) is 9.53 Å².